The fraction of sp³-hybridized carbons (Fsp3) is 0.538. The van der Waals surface area contributed by atoms with Crippen LogP contribution < -0.4 is 5.73 Å². The first-order chi connectivity index (χ1) is 9.63. The number of aryl methyl sites for hydroxylation is 1. The Morgan fingerprint density at radius 2 is 2.14 bits per heavy atom. The van der Waals surface area contributed by atoms with Crippen molar-refractivity contribution < 1.29 is 9.90 Å². The smallest absolute Gasteiger partial charge is 0.303 e. The van der Waals surface area contributed by atoms with Gasteiger partial charge in [-0.3, -0.25) is 4.79 Å². The van der Waals surface area contributed by atoms with Crippen molar-refractivity contribution in [2.45, 2.75) is 45.4 Å². The second kappa shape index (κ2) is 7.78. The SMILES string of the molecule is CCc1nc2ncnn2c(N)c1CCCCCC(=O)O.Cl. The molecule has 0 radical (unpaired) electrons. The number of fused-ring (bicyclic) bond motifs is 1. The van der Waals surface area contributed by atoms with Crippen molar-refractivity contribution in [2.24, 2.45) is 0 Å². The molecule has 0 saturated carbocycles. The molecular formula is C13H20ClN5O2. The average molecular weight is 314 g/mol. The highest BCUT2D eigenvalue weighted by Crippen LogP contribution is 2.20. The molecule has 0 aliphatic carbocycles. The molecule has 21 heavy (non-hydrogen) atoms. The van der Waals surface area contributed by atoms with E-state index in [1.807, 2.05) is 6.92 Å². The molecule has 2 rings (SSSR count). The van der Waals surface area contributed by atoms with E-state index in [0.29, 0.717) is 18.0 Å². The van der Waals surface area contributed by atoms with E-state index in [4.69, 9.17) is 10.8 Å². The molecule has 0 spiro atoms. The molecule has 0 amide bonds. The van der Waals surface area contributed by atoms with E-state index >= 15 is 0 Å². The van der Waals surface area contributed by atoms with Gasteiger partial charge in [0.2, 0.25) is 0 Å². The number of aromatic nitrogens is 4. The first-order valence-electron chi connectivity index (χ1n) is 6.82. The zero-order valence-corrected chi connectivity index (χ0v) is 12.8. The van der Waals surface area contributed by atoms with E-state index in [-0.39, 0.29) is 18.8 Å². The molecule has 0 aliphatic heterocycles. The summed E-state index contributed by atoms with van der Waals surface area (Å²) in [6.45, 7) is 2.03. The van der Waals surface area contributed by atoms with Crippen molar-refractivity contribution in [3.63, 3.8) is 0 Å². The lowest BCUT2D eigenvalue weighted by Crippen LogP contribution is -2.10. The molecule has 2 heterocycles. The molecule has 0 atom stereocenters. The second-order valence-corrected chi connectivity index (χ2v) is 4.70. The summed E-state index contributed by atoms with van der Waals surface area (Å²) in [4.78, 5) is 19.0. The zero-order valence-electron chi connectivity index (χ0n) is 11.9. The minimum atomic E-state index is -0.746. The highest BCUT2D eigenvalue weighted by molar-refractivity contribution is 5.85. The molecular weight excluding hydrogens is 294 g/mol. The second-order valence-electron chi connectivity index (χ2n) is 4.70. The van der Waals surface area contributed by atoms with Gasteiger partial charge < -0.3 is 10.8 Å². The Morgan fingerprint density at radius 3 is 2.81 bits per heavy atom. The molecule has 116 valence electrons. The van der Waals surface area contributed by atoms with Gasteiger partial charge in [0.15, 0.2) is 0 Å². The number of carboxylic acid groups (broad SMARTS) is 1. The van der Waals surface area contributed by atoms with Crippen LogP contribution in [0.25, 0.3) is 5.78 Å². The number of nitrogen functional groups attached to an aromatic ring is 1. The van der Waals surface area contributed by atoms with Gasteiger partial charge in [-0.25, -0.2) is 4.98 Å². The topological polar surface area (TPSA) is 106 Å². The van der Waals surface area contributed by atoms with Crippen LogP contribution in [0, 0.1) is 0 Å². The Bertz CT molecular complexity index is 614. The van der Waals surface area contributed by atoms with E-state index in [9.17, 15) is 4.79 Å². The lowest BCUT2D eigenvalue weighted by atomic mass is 10.0. The summed E-state index contributed by atoms with van der Waals surface area (Å²) in [5, 5.41) is 12.7. The zero-order chi connectivity index (χ0) is 14.5. The number of anilines is 1. The van der Waals surface area contributed by atoms with Gasteiger partial charge in [-0.05, 0) is 25.7 Å². The fourth-order valence-electron chi connectivity index (χ4n) is 2.27. The maximum Gasteiger partial charge on any atom is 0.303 e. The Kier molecular flexibility index (Phi) is 6.36. The van der Waals surface area contributed by atoms with Gasteiger partial charge in [0, 0.05) is 12.0 Å². The number of hydrogen-bond acceptors (Lipinski definition) is 5. The summed E-state index contributed by atoms with van der Waals surface area (Å²) in [5.41, 5.74) is 8.08. The standard InChI is InChI=1S/C13H19N5O2.ClH/c1-2-10-9(6-4-3-5-7-11(19)20)12(14)18-13(17-10)15-8-16-18;/h8H,2-7,14H2,1H3,(H,19,20);1H. The van der Waals surface area contributed by atoms with E-state index in [1.54, 1.807) is 4.52 Å². The number of halogens is 1. The number of hydrogen-bond donors (Lipinski definition) is 2. The molecule has 0 bridgehead atoms. The summed E-state index contributed by atoms with van der Waals surface area (Å²) in [7, 11) is 0. The lowest BCUT2D eigenvalue weighted by Gasteiger charge is -2.11. The van der Waals surface area contributed by atoms with E-state index < -0.39 is 5.97 Å². The maximum atomic E-state index is 10.5. The Balaban J connectivity index is 0.00000220. The Morgan fingerprint density at radius 1 is 1.38 bits per heavy atom. The molecule has 2 aromatic heterocycles. The molecule has 0 unspecified atom stereocenters. The van der Waals surface area contributed by atoms with E-state index in [1.165, 1.54) is 6.33 Å². The predicted molar refractivity (Wildman–Crippen MR) is 81.6 cm³/mol. The fourth-order valence-corrected chi connectivity index (χ4v) is 2.27. The summed E-state index contributed by atoms with van der Waals surface area (Å²) >= 11 is 0. The number of nitrogens with two attached hydrogens (primary N) is 1. The number of nitrogens with zero attached hydrogens (tertiary/aromatic N) is 4. The van der Waals surface area contributed by atoms with Crippen LogP contribution in [-0.2, 0) is 17.6 Å². The molecule has 3 N–H and O–H groups in total. The number of carboxylic acids is 1. The van der Waals surface area contributed by atoms with Crippen molar-refractivity contribution in [3.8, 4) is 0 Å². The first kappa shape index (κ1) is 17.2. The number of unbranched alkanes of at least 4 members (excludes halogenated alkanes) is 2. The van der Waals surface area contributed by atoms with Crippen molar-refractivity contribution in [3.05, 3.63) is 17.6 Å². The van der Waals surface area contributed by atoms with Crippen LogP contribution in [-0.4, -0.2) is 30.7 Å². The highest BCUT2D eigenvalue weighted by Gasteiger charge is 2.13. The third-order valence-electron chi connectivity index (χ3n) is 3.30. The summed E-state index contributed by atoms with van der Waals surface area (Å²) in [5.74, 6) is 0.362. The van der Waals surface area contributed by atoms with Gasteiger partial charge in [0.1, 0.15) is 12.1 Å². The Labute approximate surface area is 129 Å². The number of rotatable bonds is 7. The molecule has 7 nitrogen and oxygen atoms in total. The molecule has 2 aromatic rings. The minimum absolute atomic E-state index is 0. The molecule has 8 heteroatoms. The molecule has 0 aromatic carbocycles. The van der Waals surface area contributed by atoms with Crippen LogP contribution in [0.3, 0.4) is 0 Å². The normalized spacial score (nSPS) is 10.5. The van der Waals surface area contributed by atoms with Crippen LogP contribution in [0.4, 0.5) is 5.82 Å². The molecule has 0 fully saturated rings. The van der Waals surface area contributed by atoms with Crippen LogP contribution in [0.15, 0.2) is 6.33 Å². The Hall–Kier alpha value is -1.89. The maximum absolute atomic E-state index is 10.5. The van der Waals surface area contributed by atoms with E-state index in [0.717, 1.165) is 36.9 Å². The molecule has 0 aliphatic rings. The van der Waals surface area contributed by atoms with Crippen LogP contribution in [0.5, 0.6) is 0 Å². The van der Waals surface area contributed by atoms with Gasteiger partial charge in [-0.15, -0.1) is 12.4 Å². The van der Waals surface area contributed by atoms with Gasteiger partial charge in [0.25, 0.3) is 5.78 Å². The minimum Gasteiger partial charge on any atom is -0.481 e. The monoisotopic (exact) mass is 313 g/mol. The van der Waals surface area contributed by atoms with E-state index in [2.05, 4.69) is 15.1 Å². The van der Waals surface area contributed by atoms with Crippen molar-refractivity contribution in [1.29, 1.82) is 0 Å². The van der Waals surface area contributed by atoms with Gasteiger partial charge in [-0.2, -0.15) is 14.6 Å². The van der Waals surface area contributed by atoms with Crippen LogP contribution >= 0.6 is 12.4 Å². The van der Waals surface area contributed by atoms with Gasteiger partial charge in [0.05, 0.1) is 5.69 Å². The van der Waals surface area contributed by atoms with Crippen molar-refractivity contribution in [1.82, 2.24) is 19.6 Å². The molecule has 0 saturated heterocycles. The predicted octanol–water partition coefficient (Wildman–Crippen LogP) is 1.88. The average Bonchev–Trinajstić information content (AvgIpc) is 2.88. The van der Waals surface area contributed by atoms with Crippen molar-refractivity contribution >= 4 is 30.0 Å². The largest absolute Gasteiger partial charge is 0.481 e. The number of carbonyl (C=O) groups is 1. The summed E-state index contributed by atoms with van der Waals surface area (Å²) < 4.78 is 1.55. The third-order valence-corrected chi connectivity index (χ3v) is 3.30. The quantitative estimate of drug-likeness (QED) is 0.756. The highest BCUT2D eigenvalue weighted by atomic mass is 35.5. The lowest BCUT2D eigenvalue weighted by molar-refractivity contribution is -0.137. The summed E-state index contributed by atoms with van der Waals surface area (Å²) in [6.07, 6.45) is 5.69. The van der Waals surface area contributed by atoms with Gasteiger partial charge >= 0.3 is 5.97 Å². The van der Waals surface area contributed by atoms with Crippen LogP contribution in [0.2, 0.25) is 0 Å². The van der Waals surface area contributed by atoms with Crippen molar-refractivity contribution in [2.75, 3.05) is 5.73 Å². The van der Waals surface area contributed by atoms with Gasteiger partial charge in [-0.1, -0.05) is 13.3 Å². The van der Waals surface area contributed by atoms with Crippen LogP contribution in [0.1, 0.15) is 43.9 Å². The first-order valence-corrected chi connectivity index (χ1v) is 6.82. The number of aliphatic carboxylic acids is 1. The summed E-state index contributed by atoms with van der Waals surface area (Å²) in [6, 6.07) is 0. The third kappa shape index (κ3) is 4.04.